The standard InChI is InChI=1S/C10H19NO3/c1-3-4-8(2)7-9(12)11-6-5-10(13)14/h8H,3-7H2,1-2H3,(H,11,12)(H,13,14). The number of hydrogen-bond donors (Lipinski definition) is 2. The summed E-state index contributed by atoms with van der Waals surface area (Å²) >= 11 is 0. The van der Waals surface area contributed by atoms with E-state index in [4.69, 9.17) is 5.11 Å². The van der Waals surface area contributed by atoms with Crippen molar-refractivity contribution >= 4 is 11.9 Å². The molecule has 0 radical (unpaired) electrons. The molecule has 0 aromatic rings. The van der Waals surface area contributed by atoms with Gasteiger partial charge in [-0.25, -0.2) is 0 Å². The Morgan fingerprint density at radius 3 is 2.57 bits per heavy atom. The van der Waals surface area contributed by atoms with Crippen LogP contribution >= 0.6 is 0 Å². The van der Waals surface area contributed by atoms with Gasteiger partial charge in [0.2, 0.25) is 5.91 Å². The number of carboxylic acids is 1. The van der Waals surface area contributed by atoms with Crippen LogP contribution in [0.4, 0.5) is 0 Å². The highest BCUT2D eigenvalue weighted by Crippen LogP contribution is 2.08. The van der Waals surface area contributed by atoms with Crippen LogP contribution in [0, 0.1) is 5.92 Å². The fourth-order valence-electron chi connectivity index (χ4n) is 1.29. The minimum atomic E-state index is -0.882. The second-order valence-electron chi connectivity index (χ2n) is 3.59. The smallest absolute Gasteiger partial charge is 0.305 e. The summed E-state index contributed by atoms with van der Waals surface area (Å²) in [5, 5.41) is 10.9. The second-order valence-corrected chi connectivity index (χ2v) is 3.59. The number of aliphatic carboxylic acids is 1. The Bertz CT molecular complexity index is 192. The van der Waals surface area contributed by atoms with Crippen LogP contribution in [0.3, 0.4) is 0 Å². The highest BCUT2D eigenvalue weighted by atomic mass is 16.4. The molecule has 0 saturated heterocycles. The van der Waals surface area contributed by atoms with Crippen molar-refractivity contribution in [1.82, 2.24) is 5.32 Å². The molecule has 0 rings (SSSR count). The van der Waals surface area contributed by atoms with E-state index >= 15 is 0 Å². The van der Waals surface area contributed by atoms with Crippen molar-refractivity contribution < 1.29 is 14.7 Å². The van der Waals surface area contributed by atoms with Gasteiger partial charge in [-0.15, -0.1) is 0 Å². The van der Waals surface area contributed by atoms with Gasteiger partial charge >= 0.3 is 5.97 Å². The maximum absolute atomic E-state index is 11.2. The van der Waals surface area contributed by atoms with Crippen molar-refractivity contribution in [2.24, 2.45) is 5.92 Å². The highest BCUT2D eigenvalue weighted by molar-refractivity contribution is 5.76. The van der Waals surface area contributed by atoms with Crippen molar-refractivity contribution in [3.63, 3.8) is 0 Å². The van der Waals surface area contributed by atoms with E-state index < -0.39 is 5.97 Å². The Morgan fingerprint density at radius 1 is 1.43 bits per heavy atom. The maximum Gasteiger partial charge on any atom is 0.305 e. The van der Waals surface area contributed by atoms with Crippen molar-refractivity contribution in [1.29, 1.82) is 0 Å². The topological polar surface area (TPSA) is 66.4 Å². The Kier molecular flexibility index (Phi) is 6.80. The predicted molar refractivity (Wildman–Crippen MR) is 54.0 cm³/mol. The first kappa shape index (κ1) is 12.9. The van der Waals surface area contributed by atoms with Crippen LogP contribution in [0.25, 0.3) is 0 Å². The molecule has 1 unspecified atom stereocenters. The minimum absolute atomic E-state index is 0.00605. The van der Waals surface area contributed by atoms with Crippen molar-refractivity contribution in [3.8, 4) is 0 Å². The molecular weight excluding hydrogens is 182 g/mol. The van der Waals surface area contributed by atoms with E-state index in [0.717, 1.165) is 12.8 Å². The summed E-state index contributed by atoms with van der Waals surface area (Å²) < 4.78 is 0. The number of carboxylic acid groups (broad SMARTS) is 1. The molecular formula is C10H19NO3. The van der Waals surface area contributed by atoms with Gasteiger partial charge in [-0.3, -0.25) is 9.59 Å². The molecule has 0 spiro atoms. The van der Waals surface area contributed by atoms with Gasteiger partial charge in [0.15, 0.2) is 0 Å². The van der Waals surface area contributed by atoms with Crippen LogP contribution in [-0.4, -0.2) is 23.5 Å². The molecule has 0 heterocycles. The lowest BCUT2D eigenvalue weighted by Crippen LogP contribution is -2.27. The van der Waals surface area contributed by atoms with E-state index in [-0.39, 0.29) is 18.9 Å². The summed E-state index contributed by atoms with van der Waals surface area (Å²) in [6.07, 6.45) is 2.59. The normalized spacial score (nSPS) is 12.1. The van der Waals surface area contributed by atoms with Crippen LogP contribution in [0.2, 0.25) is 0 Å². The van der Waals surface area contributed by atoms with Gasteiger partial charge in [-0.1, -0.05) is 26.7 Å². The molecule has 1 atom stereocenters. The van der Waals surface area contributed by atoms with Gasteiger partial charge in [0.1, 0.15) is 0 Å². The monoisotopic (exact) mass is 201 g/mol. The van der Waals surface area contributed by atoms with Crippen LogP contribution in [0.1, 0.15) is 39.5 Å². The largest absolute Gasteiger partial charge is 0.481 e. The first-order valence-electron chi connectivity index (χ1n) is 5.04. The Hall–Kier alpha value is -1.06. The first-order valence-corrected chi connectivity index (χ1v) is 5.04. The zero-order valence-electron chi connectivity index (χ0n) is 8.88. The van der Waals surface area contributed by atoms with Crippen molar-refractivity contribution in [3.05, 3.63) is 0 Å². The fraction of sp³-hybridized carbons (Fsp3) is 0.800. The Morgan fingerprint density at radius 2 is 2.07 bits per heavy atom. The van der Waals surface area contributed by atoms with Crippen LogP contribution in [0.15, 0.2) is 0 Å². The lowest BCUT2D eigenvalue weighted by Gasteiger charge is -2.09. The molecule has 1 amide bonds. The second kappa shape index (κ2) is 7.35. The molecule has 0 fully saturated rings. The van der Waals surface area contributed by atoms with E-state index in [1.165, 1.54) is 0 Å². The van der Waals surface area contributed by atoms with E-state index in [2.05, 4.69) is 12.2 Å². The highest BCUT2D eigenvalue weighted by Gasteiger charge is 2.07. The SMILES string of the molecule is CCCC(C)CC(=O)NCCC(=O)O. The Balaban J connectivity index is 3.50. The summed E-state index contributed by atoms with van der Waals surface area (Å²) in [5.41, 5.74) is 0. The molecule has 0 aliphatic rings. The maximum atomic E-state index is 11.2. The number of rotatable bonds is 7. The van der Waals surface area contributed by atoms with E-state index in [0.29, 0.717) is 12.3 Å². The van der Waals surface area contributed by atoms with E-state index in [1.807, 2.05) is 6.92 Å². The van der Waals surface area contributed by atoms with Gasteiger partial charge in [0.05, 0.1) is 6.42 Å². The summed E-state index contributed by atoms with van der Waals surface area (Å²) in [6, 6.07) is 0. The molecule has 0 saturated carbocycles. The summed E-state index contributed by atoms with van der Waals surface area (Å²) in [7, 11) is 0. The lowest BCUT2D eigenvalue weighted by molar-refractivity contribution is -0.136. The zero-order chi connectivity index (χ0) is 11.0. The van der Waals surface area contributed by atoms with Gasteiger partial charge in [-0.05, 0) is 5.92 Å². The molecule has 0 bridgehead atoms. The molecule has 4 nitrogen and oxygen atoms in total. The number of hydrogen-bond acceptors (Lipinski definition) is 2. The fourth-order valence-corrected chi connectivity index (χ4v) is 1.29. The van der Waals surface area contributed by atoms with E-state index in [9.17, 15) is 9.59 Å². The lowest BCUT2D eigenvalue weighted by atomic mass is 10.0. The third-order valence-electron chi connectivity index (χ3n) is 1.98. The first-order chi connectivity index (χ1) is 6.56. The molecule has 2 N–H and O–H groups in total. The van der Waals surface area contributed by atoms with Gasteiger partial charge in [0.25, 0.3) is 0 Å². The third kappa shape index (κ3) is 7.58. The predicted octanol–water partition coefficient (Wildman–Crippen LogP) is 1.40. The number of nitrogens with one attached hydrogen (secondary N) is 1. The van der Waals surface area contributed by atoms with Crippen LogP contribution in [0.5, 0.6) is 0 Å². The average Bonchev–Trinajstić information content (AvgIpc) is 2.03. The number of carbonyl (C=O) groups is 2. The molecule has 82 valence electrons. The molecule has 0 aromatic carbocycles. The molecule has 0 aliphatic carbocycles. The van der Waals surface area contributed by atoms with Crippen molar-refractivity contribution in [2.75, 3.05) is 6.54 Å². The molecule has 0 aliphatic heterocycles. The zero-order valence-corrected chi connectivity index (χ0v) is 8.88. The van der Waals surface area contributed by atoms with Crippen LogP contribution in [-0.2, 0) is 9.59 Å². The van der Waals surface area contributed by atoms with Gasteiger partial charge in [-0.2, -0.15) is 0 Å². The van der Waals surface area contributed by atoms with Gasteiger partial charge < -0.3 is 10.4 Å². The van der Waals surface area contributed by atoms with Crippen LogP contribution < -0.4 is 5.32 Å². The average molecular weight is 201 g/mol. The summed E-state index contributed by atoms with van der Waals surface area (Å²) in [4.78, 5) is 21.4. The summed E-state index contributed by atoms with van der Waals surface area (Å²) in [5.74, 6) is -0.552. The van der Waals surface area contributed by atoms with E-state index in [1.54, 1.807) is 0 Å². The third-order valence-corrected chi connectivity index (χ3v) is 1.98. The quantitative estimate of drug-likeness (QED) is 0.654. The Labute approximate surface area is 84.7 Å². The molecule has 0 aromatic heterocycles. The number of carbonyl (C=O) groups excluding carboxylic acids is 1. The molecule has 14 heavy (non-hydrogen) atoms. The van der Waals surface area contributed by atoms with Crippen molar-refractivity contribution in [2.45, 2.75) is 39.5 Å². The molecule has 4 heteroatoms. The number of amides is 1. The van der Waals surface area contributed by atoms with Gasteiger partial charge in [0, 0.05) is 13.0 Å². The summed E-state index contributed by atoms with van der Waals surface area (Å²) in [6.45, 7) is 4.34. The minimum Gasteiger partial charge on any atom is -0.481 e.